The fraction of sp³-hybridized carbons (Fsp3) is 0.100. The molecule has 0 spiro atoms. The Labute approximate surface area is 200 Å². The van der Waals surface area contributed by atoms with Crippen molar-refractivity contribution in [2.45, 2.75) is 22.1 Å². The molecule has 6 nitrogen and oxygen atoms in total. The summed E-state index contributed by atoms with van der Waals surface area (Å²) in [4.78, 5) is -1.55. The summed E-state index contributed by atoms with van der Waals surface area (Å²) in [6.07, 6.45) is -9.65. The average molecular weight is 559 g/mol. The molecule has 0 amide bonds. The second-order valence-corrected chi connectivity index (χ2v) is 10.8. The van der Waals surface area contributed by atoms with Gasteiger partial charge in [-0.15, -0.1) is 0 Å². The maximum Gasteiger partial charge on any atom is 0.416 e. The molecule has 188 valence electrons. The van der Waals surface area contributed by atoms with E-state index in [-0.39, 0.29) is 5.02 Å². The molecule has 3 aromatic carbocycles. The Morgan fingerprint density at radius 3 is 1.46 bits per heavy atom. The van der Waals surface area contributed by atoms with Crippen molar-refractivity contribution in [3.05, 3.63) is 82.9 Å². The lowest BCUT2D eigenvalue weighted by atomic mass is 10.2. The minimum Gasteiger partial charge on any atom is -0.277 e. The summed E-state index contributed by atoms with van der Waals surface area (Å²) in [5, 5.41) is -0.0752. The molecule has 0 fully saturated rings. The monoisotopic (exact) mass is 558 g/mol. The van der Waals surface area contributed by atoms with Crippen molar-refractivity contribution >= 4 is 43.0 Å². The first kappa shape index (κ1) is 26.6. The fourth-order valence-corrected chi connectivity index (χ4v) is 5.19. The van der Waals surface area contributed by atoms with E-state index in [0.717, 1.165) is 42.5 Å². The summed E-state index contributed by atoms with van der Waals surface area (Å²) in [6.45, 7) is 0. The molecule has 0 atom stereocenters. The van der Waals surface area contributed by atoms with Gasteiger partial charge < -0.3 is 0 Å². The van der Waals surface area contributed by atoms with Gasteiger partial charge in [0.25, 0.3) is 20.0 Å². The molecule has 15 heteroatoms. The normalized spacial score (nSPS) is 12.9. The fourth-order valence-electron chi connectivity index (χ4n) is 2.78. The molecule has 3 aromatic rings. The predicted octanol–water partition coefficient (Wildman–Crippen LogP) is 5.98. The van der Waals surface area contributed by atoms with Gasteiger partial charge in [-0.3, -0.25) is 9.44 Å². The van der Waals surface area contributed by atoms with Gasteiger partial charge in [-0.25, -0.2) is 16.8 Å². The van der Waals surface area contributed by atoms with E-state index in [4.69, 9.17) is 11.6 Å². The van der Waals surface area contributed by atoms with Crippen LogP contribution in [0.4, 0.5) is 37.7 Å². The second kappa shape index (κ2) is 9.24. The molecule has 2 N–H and O–H groups in total. The number of hydrogen-bond acceptors (Lipinski definition) is 4. The van der Waals surface area contributed by atoms with E-state index >= 15 is 0 Å². The Balaban J connectivity index is 1.99. The van der Waals surface area contributed by atoms with Gasteiger partial charge in [-0.2, -0.15) is 26.3 Å². The third kappa shape index (κ3) is 6.38. The molecule has 0 bridgehead atoms. The Kier molecular flexibility index (Phi) is 7.03. The van der Waals surface area contributed by atoms with Crippen molar-refractivity contribution in [2.24, 2.45) is 0 Å². The Morgan fingerprint density at radius 2 is 1.03 bits per heavy atom. The zero-order chi connectivity index (χ0) is 26.2. The van der Waals surface area contributed by atoms with Crippen LogP contribution in [0.25, 0.3) is 0 Å². The molecule has 0 aliphatic carbocycles. The van der Waals surface area contributed by atoms with Gasteiger partial charge in [0.2, 0.25) is 0 Å². The van der Waals surface area contributed by atoms with Crippen LogP contribution in [0.5, 0.6) is 0 Å². The molecule has 3 rings (SSSR count). The lowest BCUT2D eigenvalue weighted by Crippen LogP contribution is -2.18. The van der Waals surface area contributed by atoms with Crippen molar-refractivity contribution in [1.29, 1.82) is 0 Å². The van der Waals surface area contributed by atoms with Crippen LogP contribution in [0.1, 0.15) is 11.1 Å². The van der Waals surface area contributed by atoms with Crippen molar-refractivity contribution in [3.8, 4) is 0 Å². The molecule has 0 saturated carbocycles. The maximum atomic E-state index is 13.0. The van der Waals surface area contributed by atoms with Crippen molar-refractivity contribution in [1.82, 2.24) is 0 Å². The van der Waals surface area contributed by atoms with E-state index < -0.39 is 64.7 Å². The number of anilines is 2. The standard InChI is InChI=1S/C20H13ClF6N2O4S2/c21-14-7-8-17(28-34(30,31)15-5-1-3-12(9-15)19(22,23)24)18(11-14)29-35(32,33)16-6-2-4-13(10-16)20(25,26)27/h1-11,28-29H. The molecule has 0 unspecified atom stereocenters. The maximum absolute atomic E-state index is 13.0. The van der Waals surface area contributed by atoms with Crippen LogP contribution in [0.3, 0.4) is 0 Å². The molecule has 0 aliphatic heterocycles. The molecule has 35 heavy (non-hydrogen) atoms. The summed E-state index contributed by atoms with van der Waals surface area (Å²) in [7, 11) is -9.33. The number of sulfonamides is 2. The highest BCUT2D eigenvalue weighted by Crippen LogP contribution is 2.34. The molecule has 0 saturated heterocycles. The summed E-state index contributed by atoms with van der Waals surface area (Å²) >= 11 is 5.85. The van der Waals surface area contributed by atoms with Gasteiger partial charge in [0.1, 0.15) is 0 Å². The molecule has 0 aliphatic rings. The van der Waals surface area contributed by atoms with Gasteiger partial charge in [-0.1, -0.05) is 23.7 Å². The van der Waals surface area contributed by atoms with Crippen LogP contribution in [-0.4, -0.2) is 16.8 Å². The van der Waals surface area contributed by atoms with Gasteiger partial charge in [0, 0.05) is 5.02 Å². The average Bonchev–Trinajstić information content (AvgIpc) is 2.74. The highest BCUT2D eigenvalue weighted by molar-refractivity contribution is 7.93. The van der Waals surface area contributed by atoms with Crippen LogP contribution >= 0.6 is 11.6 Å². The zero-order valence-corrected chi connectivity index (χ0v) is 19.3. The largest absolute Gasteiger partial charge is 0.416 e. The van der Waals surface area contributed by atoms with Gasteiger partial charge in [0.15, 0.2) is 0 Å². The molecule has 0 aromatic heterocycles. The third-order valence-electron chi connectivity index (χ3n) is 4.41. The first-order chi connectivity index (χ1) is 16.0. The molecule has 0 radical (unpaired) electrons. The van der Waals surface area contributed by atoms with Crippen LogP contribution in [0.2, 0.25) is 5.02 Å². The number of halogens is 7. The van der Waals surface area contributed by atoms with E-state index in [2.05, 4.69) is 0 Å². The summed E-state index contributed by atoms with van der Waals surface area (Å²) < 4.78 is 133. The van der Waals surface area contributed by atoms with Gasteiger partial charge in [0.05, 0.1) is 32.3 Å². The molecular weight excluding hydrogens is 546 g/mol. The highest BCUT2D eigenvalue weighted by Gasteiger charge is 2.33. The first-order valence-corrected chi connectivity index (χ1v) is 12.5. The molecule has 0 heterocycles. The van der Waals surface area contributed by atoms with Crippen molar-refractivity contribution in [3.63, 3.8) is 0 Å². The summed E-state index contributed by atoms with van der Waals surface area (Å²) in [6, 6.07) is 8.74. The predicted molar refractivity (Wildman–Crippen MR) is 116 cm³/mol. The summed E-state index contributed by atoms with van der Waals surface area (Å²) in [5.41, 5.74) is -3.40. The Morgan fingerprint density at radius 1 is 0.600 bits per heavy atom. The highest BCUT2D eigenvalue weighted by atomic mass is 35.5. The topological polar surface area (TPSA) is 92.3 Å². The van der Waals surface area contributed by atoms with Crippen molar-refractivity contribution < 1.29 is 43.2 Å². The Hall–Kier alpha value is -2.97. The van der Waals surface area contributed by atoms with Crippen LogP contribution in [0, 0.1) is 0 Å². The smallest absolute Gasteiger partial charge is 0.277 e. The van der Waals surface area contributed by atoms with Crippen LogP contribution < -0.4 is 9.44 Å². The number of hydrogen-bond donors (Lipinski definition) is 2. The number of rotatable bonds is 6. The number of nitrogens with one attached hydrogen (secondary N) is 2. The van der Waals surface area contributed by atoms with Crippen molar-refractivity contribution in [2.75, 3.05) is 9.44 Å². The van der Waals surface area contributed by atoms with Crippen LogP contribution in [0.15, 0.2) is 76.5 Å². The number of benzene rings is 3. The minimum absolute atomic E-state index is 0.0752. The van der Waals surface area contributed by atoms with E-state index in [1.807, 2.05) is 9.44 Å². The van der Waals surface area contributed by atoms with E-state index in [9.17, 15) is 43.2 Å². The summed E-state index contributed by atoms with van der Waals surface area (Å²) in [5.74, 6) is 0. The second-order valence-electron chi connectivity index (χ2n) is 6.95. The minimum atomic E-state index is -4.83. The van der Waals surface area contributed by atoms with Crippen LogP contribution in [-0.2, 0) is 32.4 Å². The number of alkyl halides is 6. The van der Waals surface area contributed by atoms with E-state index in [1.54, 1.807) is 0 Å². The lowest BCUT2D eigenvalue weighted by molar-refractivity contribution is -0.138. The van der Waals surface area contributed by atoms with Gasteiger partial charge >= 0.3 is 12.4 Å². The molecular formula is C20H13ClF6N2O4S2. The zero-order valence-electron chi connectivity index (χ0n) is 16.9. The van der Waals surface area contributed by atoms with Gasteiger partial charge in [-0.05, 0) is 54.6 Å². The lowest BCUT2D eigenvalue weighted by Gasteiger charge is -2.16. The third-order valence-corrected chi connectivity index (χ3v) is 7.38. The van der Waals surface area contributed by atoms with E-state index in [0.29, 0.717) is 24.3 Å². The SMILES string of the molecule is O=S(=O)(Nc1ccc(Cl)cc1NS(=O)(=O)c1cccc(C(F)(F)F)c1)c1cccc(C(F)(F)F)c1. The first-order valence-electron chi connectivity index (χ1n) is 9.19. The van der Waals surface area contributed by atoms with E-state index in [1.165, 1.54) is 0 Å². The quantitative estimate of drug-likeness (QED) is 0.364. The Bertz CT molecular complexity index is 1470.